The highest BCUT2D eigenvalue weighted by molar-refractivity contribution is 9.10. The maximum Gasteiger partial charge on any atom is 0.195 e. The molecule has 0 spiro atoms. The highest BCUT2D eigenvalue weighted by Crippen LogP contribution is 2.31. The van der Waals surface area contributed by atoms with E-state index in [9.17, 15) is 0 Å². The second kappa shape index (κ2) is 6.96. The quantitative estimate of drug-likeness (QED) is 0.725. The summed E-state index contributed by atoms with van der Waals surface area (Å²) in [4.78, 5) is 0. The van der Waals surface area contributed by atoms with Gasteiger partial charge < -0.3 is 4.74 Å². The van der Waals surface area contributed by atoms with Gasteiger partial charge in [-0.3, -0.25) is 9.67 Å². The van der Waals surface area contributed by atoms with Crippen molar-refractivity contribution < 1.29 is 4.74 Å². The molecule has 0 radical (unpaired) electrons. The summed E-state index contributed by atoms with van der Waals surface area (Å²) >= 11 is 8.87. The molecule has 2 aromatic rings. The first-order valence-electron chi connectivity index (χ1n) is 7.74. The summed E-state index contributed by atoms with van der Waals surface area (Å²) in [6.07, 6.45) is 6.05. The van der Waals surface area contributed by atoms with E-state index in [1.165, 1.54) is 32.1 Å². The van der Waals surface area contributed by atoms with Crippen LogP contribution >= 0.6 is 28.1 Å². The van der Waals surface area contributed by atoms with Crippen LogP contribution < -0.4 is 4.74 Å². The minimum absolute atomic E-state index is 0.143. The van der Waals surface area contributed by atoms with Gasteiger partial charge in [0, 0.05) is 10.5 Å². The van der Waals surface area contributed by atoms with Crippen LogP contribution in [0.3, 0.4) is 0 Å². The Morgan fingerprint density at radius 2 is 1.95 bits per heavy atom. The van der Waals surface area contributed by atoms with E-state index >= 15 is 0 Å². The largest absolute Gasteiger partial charge is 0.483 e. The smallest absolute Gasteiger partial charge is 0.195 e. The van der Waals surface area contributed by atoms with E-state index < -0.39 is 0 Å². The van der Waals surface area contributed by atoms with E-state index in [1.807, 2.05) is 31.2 Å². The summed E-state index contributed by atoms with van der Waals surface area (Å²) in [7, 11) is 0. The third-order valence-corrected chi connectivity index (χ3v) is 4.98. The monoisotopic (exact) mass is 381 g/mol. The number of nitrogens with one attached hydrogen (secondary N) is 1. The Bertz CT molecular complexity index is 673. The van der Waals surface area contributed by atoms with Crippen molar-refractivity contribution in [2.75, 3.05) is 0 Å². The summed E-state index contributed by atoms with van der Waals surface area (Å²) in [6, 6.07) is 8.30. The molecule has 1 saturated carbocycles. The molecule has 6 heteroatoms. The standard InChI is InChI=1S/C16H20BrN3OS/c1-11(21-14-9-7-12(17)8-10-14)15-18-19-16(22)20(15)13-5-3-2-4-6-13/h7-11,13H,2-6H2,1H3,(H,19,22)/t11-/m0/s1. The van der Waals surface area contributed by atoms with Gasteiger partial charge in [0.2, 0.25) is 0 Å². The second-order valence-corrected chi connectivity index (χ2v) is 7.07. The Morgan fingerprint density at radius 1 is 1.27 bits per heavy atom. The molecule has 0 bridgehead atoms. The molecule has 1 heterocycles. The van der Waals surface area contributed by atoms with Crippen LogP contribution in [-0.2, 0) is 0 Å². The van der Waals surface area contributed by atoms with Gasteiger partial charge in [0.05, 0.1) is 0 Å². The van der Waals surface area contributed by atoms with Crippen LogP contribution in [0.25, 0.3) is 0 Å². The normalized spacial score (nSPS) is 17.4. The molecule has 1 N–H and O–H groups in total. The maximum absolute atomic E-state index is 6.03. The van der Waals surface area contributed by atoms with Gasteiger partial charge in [0.25, 0.3) is 0 Å². The van der Waals surface area contributed by atoms with E-state index in [2.05, 4.69) is 30.7 Å². The summed E-state index contributed by atoms with van der Waals surface area (Å²) in [5, 5.41) is 7.35. The fraction of sp³-hybridized carbons (Fsp3) is 0.500. The number of aromatic nitrogens is 3. The predicted molar refractivity (Wildman–Crippen MR) is 92.7 cm³/mol. The van der Waals surface area contributed by atoms with Gasteiger partial charge in [-0.15, -0.1) is 0 Å². The molecular formula is C16H20BrN3OS. The van der Waals surface area contributed by atoms with Crippen molar-refractivity contribution >= 4 is 28.1 Å². The summed E-state index contributed by atoms with van der Waals surface area (Å²) in [5.74, 6) is 1.72. The molecule has 118 valence electrons. The van der Waals surface area contributed by atoms with Crippen molar-refractivity contribution in [3.8, 4) is 5.75 Å². The van der Waals surface area contributed by atoms with Crippen LogP contribution in [0.4, 0.5) is 0 Å². The zero-order chi connectivity index (χ0) is 15.5. The SMILES string of the molecule is C[C@H](Oc1ccc(Br)cc1)c1n[nH]c(=S)n1C1CCCCC1. The minimum Gasteiger partial charge on any atom is -0.483 e. The maximum atomic E-state index is 6.03. The Labute approximate surface area is 144 Å². The molecule has 0 saturated heterocycles. The molecule has 1 aromatic carbocycles. The Kier molecular flexibility index (Phi) is 4.98. The van der Waals surface area contributed by atoms with Gasteiger partial charge in [-0.05, 0) is 56.2 Å². The van der Waals surface area contributed by atoms with Gasteiger partial charge >= 0.3 is 0 Å². The lowest BCUT2D eigenvalue weighted by molar-refractivity contribution is 0.202. The van der Waals surface area contributed by atoms with Crippen molar-refractivity contribution in [1.29, 1.82) is 0 Å². The third-order valence-electron chi connectivity index (χ3n) is 4.16. The van der Waals surface area contributed by atoms with Crippen molar-refractivity contribution in [1.82, 2.24) is 14.8 Å². The number of ether oxygens (including phenoxy) is 1. The van der Waals surface area contributed by atoms with E-state index in [0.717, 1.165) is 16.0 Å². The average molecular weight is 382 g/mol. The molecule has 1 aliphatic rings. The summed E-state index contributed by atoms with van der Waals surface area (Å²) in [5.41, 5.74) is 0. The van der Waals surface area contributed by atoms with Crippen molar-refractivity contribution in [2.24, 2.45) is 0 Å². The fourth-order valence-corrected chi connectivity index (χ4v) is 3.62. The molecule has 0 amide bonds. The topological polar surface area (TPSA) is 42.8 Å². The van der Waals surface area contributed by atoms with E-state index in [0.29, 0.717) is 10.8 Å². The second-order valence-electron chi connectivity index (χ2n) is 5.76. The summed E-state index contributed by atoms with van der Waals surface area (Å²) in [6.45, 7) is 2.02. The van der Waals surface area contributed by atoms with E-state index in [-0.39, 0.29) is 6.10 Å². The Balaban J connectivity index is 1.81. The van der Waals surface area contributed by atoms with Crippen LogP contribution in [0, 0.1) is 4.77 Å². The first-order valence-corrected chi connectivity index (χ1v) is 8.94. The highest BCUT2D eigenvalue weighted by atomic mass is 79.9. The number of H-pyrrole nitrogens is 1. The molecular weight excluding hydrogens is 362 g/mol. The van der Waals surface area contributed by atoms with Crippen LogP contribution in [0.1, 0.15) is 57.0 Å². The fourth-order valence-electron chi connectivity index (χ4n) is 3.07. The molecule has 0 aliphatic heterocycles. The molecule has 0 unspecified atom stereocenters. The Morgan fingerprint density at radius 3 is 2.64 bits per heavy atom. The lowest BCUT2D eigenvalue weighted by Crippen LogP contribution is -2.19. The number of halogens is 1. The van der Waals surface area contributed by atoms with Gasteiger partial charge in [0.15, 0.2) is 16.7 Å². The molecule has 1 atom stereocenters. The van der Waals surface area contributed by atoms with Crippen LogP contribution in [-0.4, -0.2) is 14.8 Å². The van der Waals surface area contributed by atoms with Crippen LogP contribution in [0.2, 0.25) is 0 Å². The van der Waals surface area contributed by atoms with Crippen molar-refractivity contribution in [3.63, 3.8) is 0 Å². The van der Waals surface area contributed by atoms with Crippen molar-refractivity contribution in [2.45, 2.75) is 51.2 Å². The molecule has 4 nitrogen and oxygen atoms in total. The average Bonchev–Trinajstić information content (AvgIpc) is 2.92. The van der Waals surface area contributed by atoms with Gasteiger partial charge in [-0.1, -0.05) is 35.2 Å². The zero-order valence-electron chi connectivity index (χ0n) is 12.6. The molecule has 1 fully saturated rings. The van der Waals surface area contributed by atoms with E-state index in [1.54, 1.807) is 0 Å². The van der Waals surface area contributed by atoms with Gasteiger partial charge in [-0.2, -0.15) is 5.10 Å². The number of hydrogen-bond acceptors (Lipinski definition) is 3. The molecule has 3 rings (SSSR count). The van der Waals surface area contributed by atoms with E-state index in [4.69, 9.17) is 17.0 Å². The number of nitrogens with zero attached hydrogens (tertiary/aromatic N) is 2. The minimum atomic E-state index is -0.143. The van der Waals surface area contributed by atoms with Crippen molar-refractivity contribution in [3.05, 3.63) is 39.3 Å². The number of aromatic amines is 1. The first kappa shape index (κ1) is 15.7. The van der Waals surface area contributed by atoms with Gasteiger partial charge in [0.1, 0.15) is 5.75 Å². The number of rotatable bonds is 4. The first-order chi connectivity index (χ1) is 10.6. The summed E-state index contributed by atoms with van der Waals surface area (Å²) < 4.78 is 9.94. The zero-order valence-corrected chi connectivity index (χ0v) is 15.0. The lowest BCUT2D eigenvalue weighted by atomic mass is 9.95. The lowest BCUT2D eigenvalue weighted by Gasteiger charge is -2.25. The molecule has 22 heavy (non-hydrogen) atoms. The number of benzene rings is 1. The van der Waals surface area contributed by atoms with Crippen LogP contribution in [0.15, 0.2) is 28.7 Å². The number of hydrogen-bond donors (Lipinski definition) is 1. The molecule has 1 aromatic heterocycles. The Hall–Kier alpha value is -1.14. The predicted octanol–water partition coefficient (Wildman–Crippen LogP) is 5.35. The third kappa shape index (κ3) is 3.43. The molecule has 1 aliphatic carbocycles. The van der Waals surface area contributed by atoms with Crippen LogP contribution in [0.5, 0.6) is 5.75 Å². The van der Waals surface area contributed by atoms with Gasteiger partial charge in [-0.25, -0.2) is 0 Å². The highest BCUT2D eigenvalue weighted by Gasteiger charge is 2.23.